The number of piperidine rings is 1. The molecular weight excluding hydrogens is 380 g/mol. The molecule has 1 amide bonds. The summed E-state index contributed by atoms with van der Waals surface area (Å²) in [4.78, 5) is 30.7. The number of anilines is 1. The van der Waals surface area contributed by atoms with E-state index in [4.69, 9.17) is 0 Å². The molecule has 3 rings (SSSR count). The first kappa shape index (κ1) is 17.1. The average molecular weight is 399 g/mol. The minimum Gasteiger partial charge on any atom is -0.378 e. The number of nitro groups is 1. The Morgan fingerprint density at radius 3 is 2.67 bits per heavy atom. The molecule has 9 heteroatoms. The topological polar surface area (TPSA) is 99.8 Å². The highest BCUT2D eigenvalue weighted by Crippen LogP contribution is 2.38. The fourth-order valence-electron chi connectivity index (χ4n) is 3.48. The van der Waals surface area contributed by atoms with Crippen molar-refractivity contribution in [3.8, 4) is 0 Å². The van der Waals surface area contributed by atoms with Crippen molar-refractivity contribution in [3.63, 3.8) is 0 Å². The maximum Gasteiger partial charge on any atom is 0.311 e. The molecule has 1 unspecified atom stereocenters. The van der Waals surface area contributed by atoms with Crippen LogP contribution in [0, 0.1) is 10.1 Å². The van der Waals surface area contributed by atoms with E-state index in [0.29, 0.717) is 42.6 Å². The predicted octanol–water partition coefficient (Wildman–Crippen LogP) is 1.71. The normalized spacial score (nSPS) is 24.2. The Balaban J connectivity index is 1.88. The standard InChI is InChI=1S/C15H19BrN4O4/c16-11-8-17-9-12(20(23)24)13(11)19-7-3-4-15(22,10-19)14(21)18-5-1-2-6-18/h8-9,22H,1-7,10H2. The molecule has 0 aliphatic carbocycles. The number of rotatable bonds is 3. The van der Waals surface area contributed by atoms with Gasteiger partial charge >= 0.3 is 5.69 Å². The van der Waals surface area contributed by atoms with Crippen molar-refractivity contribution in [1.29, 1.82) is 0 Å². The van der Waals surface area contributed by atoms with Gasteiger partial charge in [-0.1, -0.05) is 0 Å². The van der Waals surface area contributed by atoms with E-state index in [1.54, 1.807) is 9.80 Å². The Kier molecular flexibility index (Phi) is 4.73. The summed E-state index contributed by atoms with van der Waals surface area (Å²) in [5.41, 5.74) is -1.27. The molecule has 8 nitrogen and oxygen atoms in total. The zero-order chi connectivity index (χ0) is 17.3. The number of carbonyl (C=O) groups excluding carboxylic acids is 1. The minimum absolute atomic E-state index is 0.0474. The van der Waals surface area contributed by atoms with Gasteiger partial charge in [0.1, 0.15) is 11.9 Å². The average Bonchev–Trinajstić information content (AvgIpc) is 3.08. The van der Waals surface area contributed by atoms with Crippen molar-refractivity contribution in [2.75, 3.05) is 31.1 Å². The summed E-state index contributed by atoms with van der Waals surface area (Å²) in [5.74, 6) is -0.266. The lowest BCUT2D eigenvalue weighted by atomic mass is 9.91. The Morgan fingerprint density at radius 1 is 1.29 bits per heavy atom. The van der Waals surface area contributed by atoms with E-state index in [-0.39, 0.29) is 18.1 Å². The summed E-state index contributed by atoms with van der Waals surface area (Å²) < 4.78 is 0.481. The maximum atomic E-state index is 12.7. The van der Waals surface area contributed by atoms with Gasteiger partial charge in [0.15, 0.2) is 5.60 Å². The number of hydrogen-bond acceptors (Lipinski definition) is 6. The van der Waals surface area contributed by atoms with Gasteiger partial charge in [-0.2, -0.15) is 0 Å². The fourth-order valence-corrected chi connectivity index (χ4v) is 4.05. The number of hydrogen-bond donors (Lipinski definition) is 1. The maximum absolute atomic E-state index is 12.7. The third kappa shape index (κ3) is 3.10. The minimum atomic E-state index is -1.50. The fraction of sp³-hybridized carbons (Fsp3) is 0.600. The van der Waals surface area contributed by atoms with Gasteiger partial charge in [0.2, 0.25) is 0 Å². The van der Waals surface area contributed by atoms with Gasteiger partial charge < -0.3 is 14.9 Å². The van der Waals surface area contributed by atoms with Gasteiger partial charge in [-0.05, 0) is 41.6 Å². The van der Waals surface area contributed by atoms with Crippen LogP contribution < -0.4 is 4.90 Å². The molecule has 1 aromatic heterocycles. The summed E-state index contributed by atoms with van der Waals surface area (Å²) in [6, 6.07) is 0. The lowest BCUT2D eigenvalue weighted by molar-refractivity contribution is -0.384. The summed E-state index contributed by atoms with van der Waals surface area (Å²) in [5, 5.41) is 22.2. The lowest BCUT2D eigenvalue weighted by Gasteiger charge is -2.40. The molecule has 1 N–H and O–H groups in total. The molecule has 130 valence electrons. The molecule has 2 fully saturated rings. The van der Waals surface area contributed by atoms with Crippen molar-refractivity contribution >= 4 is 33.2 Å². The van der Waals surface area contributed by atoms with Gasteiger partial charge in [-0.15, -0.1) is 0 Å². The second-order valence-corrected chi connectivity index (χ2v) is 7.16. The third-order valence-electron chi connectivity index (χ3n) is 4.63. The Labute approximate surface area is 147 Å². The summed E-state index contributed by atoms with van der Waals surface area (Å²) in [6.07, 6.45) is 5.53. The number of β-amino-alcohol motifs (C(OH)–C–C–N with tert-alkyl or cyclic N) is 1. The van der Waals surface area contributed by atoms with Crippen LogP contribution >= 0.6 is 15.9 Å². The molecule has 0 spiro atoms. The van der Waals surface area contributed by atoms with Gasteiger partial charge in [0.05, 0.1) is 15.9 Å². The van der Waals surface area contributed by atoms with E-state index in [1.165, 1.54) is 12.4 Å². The van der Waals surface area contributed by atoms with E-state index >= 15 is 0 Å². The van der Waals surface area contributed by atoms with E-state index in [9.17, 15) is 20.0 Å². The number of amides is 1. The van der Waals surface area contributed by atoms with E-state index in [0.717, 1.165) is 12.8 Å². The van der Waals surface area contributed by atoms with Gasteiger partial charge in [-0.25, -0.2) is 0 Å². The van der Waals surface area contributed by atoms with Crippen LogP contribution in [0.4, 0.5) is 11.4 Å². The van der Waals surface area contributed by atoms with Crippen LogP contribution in [0.1, 0.15) is 25.7 Å². The second kappa shape index (κ2) is 6.64. The molecule has 0 saturated carbocycles. The quantitative estimate of drug-likeness (QED) is 0.614. The molecular formula is C15H19BrN4O4. The van der Waals surface area contributed by atoms with Gasteiger partial charge in [-0.3, -0.25) is 19.9 Å². The molecule has 1 atom stereocenters. The van der Waals surface area contributed by atoms with Crippen molar-refractivity contribution in [3.05, 3.63) is 27.0 Å². The van der Waals surface area contributed by atoms with Crippen molar-refractivity contribution in [1.82, 2.24) is 9.88 Å². The van der Waals surface area contributed by atoms with Gasteiger partial charge in [0.25, 0.3) is 5.91 Å². The van der Waals surface area contributed by atoms with Crippen LogP contribution in [-0.2, 0) is 4.79 Å². The Bertz CT molecular complexity index is 665. The van der Waals surface area contributed by atoms with Crippen molar-refractivity contribution in [2.45, 2.75) is 31.3 Å². The van der Waals surface area contributed by atoms with Crippen LogP contribution in [-0.4, -0.2) is 57.6 Å². The monoisotopic (exact) mass is 398 g/mol. The first-order valence-electron chi connectivity index (χ1n) is 7.97. The molecule has 0 radical (unpaired) electrons. The largest absolute Gasteiger partial charge is 0.378 e. The summed E-state index contributed by atoms with van der Waals surface area (Å²) >= 11 is 3.31. The molecule has 0 aromatic carbocycles. The second-order valence-electron chi connectivity index (χ2n) is 6.30. The zero-order valence-corrected chi connectivity index (χ0v) is 14.7. The van der Waals surface area contributed by atoms with Crippen LogP contribution in [0.15, 0.2) is 16.9 Å². The Morgan fingerprint density at radius 2 is 2.00 bits per heavy atom. The molecule has 2 aliphatic rings. The number of aliphatic hydroxyl groups is 1. The summed E-state index contributed by atoms with van der Waals surface area (Å²) in [6.45, 7) is 1.92. The highest BCUT2D eigenvalue weighted by atomic mass is 79.9. The zero-order valence-electron chi connectivity index (χ0n) is 13.2. The first-order chi connectivity index (χ1) is 11.4. The first-order valence-corrected chi connectivity index (χ1v) is 8.76. The van der Waals surface area contributed by atoms with Gasteiger partial charge in [0, 0.05) is 25.8 Å². The number of pyridine rings is 1. The predicted molar refractivity (Wildman–Crippen MR) is 90.8 cm³/mol. The third-order valence-corrected chi connectivity index (χ3v) is 5.21. The van der Waals surface area contributed by atoms with E-state index < -0.39 is 10.5 Å². The smallest absolute Gasteiger partial charge is 0.311 e. The Hall–Kier alpha value is -1.74. The number of carbonyl (C=O) groups is 1. The number of likely N-dealkylation sites (tertiary alicyclic amines) is 1. The SMILES string of the molecule is O=C(N1CCCC1)C1(O)CCCN(c2c(Br)cncc2[N+](=O)[O-])C1. The van der Waals surface area contributed by atoms with Crippen molar-refractivity contribution in [2.24, 2.45) is 0 Å². The van der Waals surface area contributed by atoms with E-state index in [2.05, 4.69) is 20.9 Å². The molecule has 3 heterocycles. The molecule has 0 bridgehead atoms. The van der Waals surface area contributed by atoms with Crippen LogP contribution in [0.2, 0.25) is 0 Å². The molecule has 24 heavy (non-hydrogen) atoms. The number of nitrogens with zero attached hydrogens (tertiary/aromatic N) is 4. The number of halogens is 1. The highest BCUT2D eigenvalue weighted by molar-refractivity contribution is 9.10. The molecule has 2 saturated heterocycles. The highest BCUT2D eigenvalue weighted by Gasteiger charge is 2.44. The van der Waals surface area contributed by atoms with Crippen LogP contribution in [0.25, 0.3) is 0 Å². The van der Waals surface area contributed by atoms with Crippen LogP contribution in [0.3, 0.4) is 0 Å². The summed E-state index contributed by atoms with van der Waals surface area (Å²) in [7, 11) is 0. The molecule has 1 aromatic rings. The molecule has 2 aliphatic heterocycles. The number of aromatic nitrogens is 1. The van der Waals surface area contributed by atoms with E-state index in [1.807, 2.05) is 0 Å². The van der Waals surface area contributed by atoms with Crippen molar-refractivity contribution < 1.29 is 14.8 Å². The van der Waals surface area contributed by atoms with Crippen LogP contribution in [0.5, 0.6) is 0 Å². The lowest BCUT2D eigenvalue weighted by Crippen LogP contribution is -2.57.